The van der Waals surface area contributed by atoms with Crippen LogP contribution in [0, 0.1) is 0 Å². The van der Waals surface area contributed by atoms with Gasteiger partial charge in [-0.25, -0.2) is 4.98 Å². The lowest BCUT2D eigenvalue weighted by Crippen LogP contribution is -2.34. The molecule has 2 rings (SSSR count). The lowest BCUT2D eigenvalue weighted by atomic mass is 10.1. The van der Waals surface area contributed by atoms with Crippen molar-refractivity contribution in [2.24, 2.45) is 0 Å². The van der Waals surface area contributed by atoms with Gasteiger partial charge in [-0.1, -0.05) is 6.07 Å². The summed E-state index contributed by atoms with van der Waals surface area (Å²) in [4.78, 5) is 9.45. The maximum atomic E-state index is 4.56. The van der Waals surface area contributed by atoms with E-state index in [2.05, 4.69) is 67.5 Å². The monoisotopic (exact) mass is 309 g/mol. The van der Waals surface area contributed by atoms with Crippen LogP contribution in [0.1, 0.15) is 43.5 Å². The minimum Gasteiger partial charge on any atom is -0.344 e. The van der Waals surface area contributed by atoms with E-state index in [4.69, 9.17) is 0 Å². The molecule has 3 nitrogen and oxygen atoms in total. The van der Waals surface area contributed by atoms with E-state index >= 15 is 0 Å². The number of thiophene rings is 1. The minimum atomic E-state index is 0.139. The first-order valence-electron chi connectivity index (χ1n) is 6.83. The van der Waals surface area contributed by atoms with Crippen molar-refractivity contribution >= 4 is 27.8 Å². The Morgan fingerprint density at radius 2 is 2.15 bits per heavy atom. The molecule has 1 unspecified atom stereocenters. The van der Waals surface area contributed by atoms with E-state index in [0.29, 0.717) is 6.04 Å². The van der Waals surface area contributed by atoms with Crippen molar-refractivity contribution in [1.82, 2.24) is 10.3 Å². The highest BCUT2D eigenvalue weighted by Crippen LogP contribution is 2.31. The van der Waals surface area contributed by atoms with Crippen molar-refractivity contribution in [2.75, 3.05) is 11.9 Å². The summed E-state index contributed by atoms with van der Waals surface area (Å²) in [6.07, 6.45) is 1.98. The SMILES string of the molecule is CC(c1cccs1)N(C)c1ncc(CNC(C)(C)C)s1. The van der Waals surface area contributed by atoms with Gasteiger partial charge in [0.15, 0.2) is 5.13 Å². The molecule has 0 aliphatic rings. The molecule has 110 valence electrons. The van der Waals surface area contributed by atoms with Crippen molar-refractivity contribution < 1.29 is 0 Å². The molecule has 1 N–H and O–H groups in total. The molecule has 0 aromatic carbocycles. The van der Waals surface area contributed by atoms with Crippen LogP contribution in [-0.2, 0) is 6.54 Å². The van der Waals surface area contributed by atoms with Gasteiger partial charge in [0.2, 0.25) is 0 Å². The Labute approximate surface area is 129 Å². The summed E-state index contributed by atoms with van der Waals surface area (Å²) in [6, 6.07) is 4.65. The molecular formula is C15H23N3S2. The first kappa shape index (κ1) is 15.5. The van der Waals surface area contributed by atoms with Crippen LogP contribution in [0.25, 0.3) is 0 Å². The molecule has 2 aromatic heterocycles. The summed E-state index contributed by atoms with van der Waals surface area (Å²) < 4.78 is 0. The van der Waals surface area contributed by atoms with E-state index < -0.39 is 0 Å². The number of hydrogen-bond acceptors (Lipinski definition) is 5. The van der Waals surface area contributed by atoms with Crippen LogP contribution in [0.3, 0.4) is 0 Å². The van der Waals surface area contributed by atoms with Gasteiger partial charge in [-0.2, -0.15) is 0 Å². The Balaban J connectivity index is 2.01. The molecule has 0 aliphatic carbocycles. The Kier molecular flexibility index (Phi) is 4.83. The largest absolute Gasteiger partial charge is 0.344 e. The molecule has 2 heterocycles. The molecule has 0 radical (unpaired) electrons. The van der Waals surface area contributed by atoms with Gasteiger partial charge in [0.1, 0.15) is 0 Å². The molecule has 0 saturated carbocycles. The second-order valence-electron chi connectivity index (χ2n) is 6.01. The van der Waals surface area contributed by atoms with Crippen LogP contribution >= 0.6 is 22.7 Å². The van der Waals surface area contributed by atoms with Gasteiger partial charge in [0.05, 0.1) is 6.04 Å². The zero-order valence-corrected chi connectivity index (χ0v) is 14.4. The Bertz CT molecular complexity index is 526. The predicted molar refractivity (Wildman–Crippen MR) is 89.8 cm³/mol. The number of nitrogens with one attached hydrogen (secondary N) is 1. The average molecular weight is 310 g/mol. The first-order chi connectivity index (χ1) is 9.37. The number of nitrogens with zero attached hydrogens (tertiary/aromatic N) is 2. The number of thiazole rings is 1. The van der Waals surface area contributed by atoms with E-state index in [0.717, 1.165) is 11.7 Å². The third-order valence-electron chi connectivity index (χ3n) is 3.17. The van der Waals surface area contributed by atoms with E-state index in [1.165, 1.54) is 9.75 Å². The van der Waals surface area contributed by atoms with Gasteiger partial charge in [-0.15, -0.1) is 22.7 Å². The molecule has 20 heavy (non-hydrogen) atoms. The molecule has 0 saturated heterocycles. The fourth-order valence-corrected chi connectivity index (χ4v) is 3.50. The lowest BCUT2D eigenvalue weighted by Gasteiger charge is -2.23. The number of hydrogen-bond donors (Lipinski definition) is 1. The minimum absolute atomic E-state index is 0.139. The summed E-state index contributed by atoms with van der Waals surface area (Å²) in [6.45, 7) is 9.64. The second kappa shape index (κ2) is 6.24. The van der Waals surface area contributed by atoms with Crippen molar-refractivity contribution in [1.29, 1.82) is 0 Å². The highest BCUT2D eigenvalue weighted by atomic mass is 32.1. The summed E-state index contributed by atoms with van der Waals surface area (Å²) in [7, 11) is 2.12. The van der Waals surface area contributed by atoms with E-state index in [-0.39, 0.29) is 5.54 Å². The molecule has 5 heteroatoms. The Hall–Kier alpha value is -0.910. The van der Waals surface area contributed by atoms with Gasteiger partial charge < -0.3 is 10.2 Å². The van der Waals surface area contributed by atoms with Gasteiger partial charge in [0, 0.05) is 35.1 Å². The maximum absolute atomic E-state index is 4.56. The fourth-order valence-electron chi connectivity index (χ4n) is 1.78. The zero-order valence-electron chi connectivity index (χ0n) is 12.8. The molecule has 1 atom stereocenters. The Morgan fingerprint density at radius 1 is 1.40 bits per heavy atom. The lowest BCUT2D eigenvalue weighted by molar-refractivity contribution is 0.426. The summed E-state index contributed by atoms with van der Waals surface area (Å²) in [5.41, 5.74) is 0.139. The van der Waals surface area contributed by atoms with Crippen molar-refractivity contribution in [3.63, 3.8) is 0 Å². The topological polar surface area (TPSA) is 28.2 Å². The summed E-state index contributed by atoms with van der Waals surface area (Å²) >= 11 is 3.56. The van der Waals surface area contributed by atoms with E-state index in [1.807, 2.05) is 6.20 Å². The summed E-state index contributed by atoms with van der Waals surface area (Å²) in [5, 5.41) is 6.71. The zero-order chi connectivity index (χ0) is 14.8. The number of rotatable bonds is 5. The van der Waals surface area contributed by atoms with Crippen LogP contribution in [0.4, 0.5) is 5.13 Å². The normalized spacial score (nSPS) is 13.4. The highest BCUT2D eigenvalue weighted by Gasteiger charge is 2.17. The van der Waals surface area contributed by atoms with Crippen LogP contribution in [0.15, 0.2) is 23.7 Å². The van der Waals surface area contributed by atoms with Crippen LogP contribution in [-0.4, -0.2) is 17.6 Å². The average Bonchev–Trinajstić information content (AvgIpc) is 3.04. The van der Waals surface area contributed by atoms with Crippen molar-refractivity contribution in [3.8, 4) is 0 Å². The molecule has 0 aliphatic heterocycles. The third-order valence-corrected chi connectivity index (χ3v) is 5.30. The van der Waals surface area contributed by atoms with Gasteiger partial charge >= 0.3 is 0 Å². The molecule has 0 bridgehead atoms. The van der Waals surface area contributed by atoms with Crippen LogP contribution in [0.2, 0.25) is 0 Å². The predicted octanol–water partition coefficient (Wildman–Crippen LogP) is 4.29. The fraction of sp³-hybridized carbons (Fsp3) is 0.533. The standard InChI is InChI=1S/C15H23N3S2/c1-11(13-7-6-8-19-13)18(5)14-16-9-12(20-14)10-17-15(2,3)4/h6-9,11,17H,10H2,1-5H3. The molecular weight excluding hydrogens is 286 g/mol. The molecule has 0 spiro atoms. The van der Waals surface area contributed by atoms with Crippen molar-refractivity contribution in [3.05, 3.63) is 33.5 Å². The Morgan fingerprint density at radius 3 is 2.75 bits per heavy atom. The van der Waals surface area contributed by atoms with E-state index in [1.54, 1.807) is 22.7 Å². The third kappa shape index (κ3) is 4.04. The molecule has 0 amide bonds. The smallest absolute Gasteiger partial charge is 0.185 e. The summed E-state index contributed by atoms with van der Waals surface area (Å²) in [5.74, 6) is 0. The number of aromatic nitrogens is 1. The molecule has 2 aromatic rings. The molecule has 0 fully saturated rings. The quantitative estimate of drug-likeness (QED) is 0.893. The van der Waals surface area contributed by atoms with Crippen LogP contribution < -0.4 is 10.2 Å². The maximum Gasteiger partial charge on any atom is 0.185 e. The van der Waals surface area contributed by atoms with Gasteiger partial charge in [0.25, 0.3) is 0 Å². The van der Waals surface area contributed by atoms with Gasteiger partial charge in [-0.3, -0.25) is 0 Å². The van der Waals surface area contributed by atoms with Crippen LogP contribution in [0.5, 0.6) is 0 Å². The second-order valence-corrected chi connectivity index (χ2v) is 8.09. The van der Waals surface area contributed by atoms with Gasteiger partial charge in [-0.05, 0) is 39.1 Å². The highest BCUT2D eigenvalue weighted by molar-refractivity contribution is 7.15. The first-order valence-corrected chi connectivity index (χ1v) is 8.52. The van der Waals surface area contributed by atoms with Crippen molar-refractivity contribution in [2.45, 2.75) is 45.8 Å². The number of anilines is 1. The van der Waals surface area contributed by atoms with E-state index in [9.17, 15) is 0 Å².